The van der Waals surface area contributed by atoms with Gasteiger partial charge in [-0.05, 0) is 35.9 Å². The van der Waals surface area contributed by atoms with Gasteiger partial charge in [0.1, 0.15) is 12.4 Å². The second kappa shape index (κ2) is 11.1. The number of carboxylic acids is 1. The lowest BCUT2D eigenvalue weighted by molar-refractivity contribution is -0.0000213. The average molecular weight is 452 g/mol. The number of para-hydroxylation sites is 1. The van der Waals surface area contributed by atoms with Gasteiger partial charge in [-0.2, -0.15) is 0 Å². The van der Waals surface area contributed by atoms with Crippen LogP contribution in [0, 0.1) is 0 Å². The van der Waals surface area contributed by atoms with Crippen LogP contribution < -0.4 is 22.5 Å². The highest BCUT2D eigenvalue weighted by Gasteiger charge is 2.07. The summed E-state index contributed by atoms with van der Waals surface area (Å²) in [5.74, 6) is -0.145. The van der Waals surface area contributed by atoms with Crippen LogP contribution in [0.3, 0.4) is 0 Å². The predicted molar refractivity (Wildman–Crippen MR) is 111 cm³/mol. The van der Waals surface area contributed by atoms with Crippen LogP contribution in [0.2, 0.25) is 10.0 Å². The van der Waals surface area contributed by atoms with Crippen molar-refractivity contribution >= 4 is 29.2 Å². The maximum absolute atomic E-state index is 10.9. The number of rotatable bonds is 8. The van der Waals surface area contributed by atoms with E-state index in [1.807, 2.05) is 30.3 Å². The third-order valence-electron chi connectivity index (χ3n) is 4.22. The molecule has 29 heavy (non-hydrogen) atoms. The van der Waals surface area contributed by atoms with Crippen molar-refractivity contribution in [3.8, 4) is 5.75 Å². The van der Waals surface area contributed by atoms with Gasteiger partial charge in [0.2, 0.25) is 0 Å². The second-order valence-corrected chi connectivity index (χ2v) is 7.08. The molecule has 3 aromatic rings. The van der Waals surface area contributed by atoms with Crippen LogP contribution in [-0.4, -0.2) is 11.1 Å². The molecule has 7 heteroatoms. The van der Waals surface area contributed by atoms with E-state index < -0.39 is 5.97 Å². The summed E-state index contributed by atoms with van der Waals surface area (Å²) in [6.45, 7) is 1.59. The number of hydrogen-bond donors (Lipinski definition) is 2. The quantitative estimate of drug-likeness (QED) is 0.553. The summed E-state index contributed by atoms with van der Waals surface area (Å²) in [5, 5.41) is 13.5. The van der Waals surface area contributed by atoms with Crippen LogP contribution in [0.25, 0.3) is 0 Å². The summed E-state index contributed by atoms with van der Waals surface area (Å²) < 4.78 is 5.96. The molecule has 0 aromatic heterocycles. The molecule has 0 heterocycles. The first kappa shape index (κ1) is 23.0. The van der Waals surface area contributed by atoms with Gasteiger partial charge in [0.15, 0.2) is 0 Å². The monoisotopic (exact) mass is 450 g/mol. The molecule has 4 nitrogen and oxygen atoms in total. The molecule has 0 aliphatic rings. The fourth-order valence-electron chi connectivity index (χ4n) is 2.69. The number of ether oxygens (including phenoxy) is 1. The Morgan fingerprint density at radius 2 is 1.66 bits per heavy atom. The van der Waals surface area contributed by atoms with Crippen molar-refractivity contribution in [1.29, 1.82) is 0 Å². The van der Waals surface area contributed by atoms with E-state index in [0.717, 1.165) is 22.4 Å². The molecule has 3 rings (SSSR count). The molecular formula is C22H19Cl3NO3-. The number of halogens is 3. The Kier molecular flexibility index (Phi) is 8.80. The van der Waals surface area contributed by atoms with E-state index in [-0.39, 0.29) is 18.0 Å². The van der Waals surface area contributed by atoms with Crippen molar-refractivity contribution in [3.63, 3.8) is 0 Å². The van der Waals surface area contributed by atoms with Crippen molar-refractivity contribution in [2.45, 2.75) is 19.7 Å². The number of aromatic carboxylic acids is 1. The maximum Gasteiger partial charge on any atom is 0.335 e. The number of carboxylic acid groups (broad SMARTS) is 1. The topological polar surface area (TPSA) is 58.6 Å². The Balaban J connectivity index is 0.00000300. The van der Waals surface area contributed by atoms with Crippen LogP contribution in [0.5, 0.6) is 5.75 Å². The third kappa shape index (κ3) is 6.65. The Bertz CT molecular complexity index is 962. The van der Waals surface area contributed by atoms with Gasteiger partial charge in [0.25, 0.3) is 0 Å². The fraction of sp³-hybridized carbons (Fsp3) is 0.136. The SMILES string of the molecule is O=C(O)c1ccc(CNCc2ccccc2OCc2ccc(Cl)cc2Cl)cc1.[Cl-]. The molecule has 0 unspecified atom stereocenters. The van der Waals surface area contributed by atoms with Crippen molar-refractivity contribution in [2.24, 2.45) is 0 Å². The van der Waals surface area contributed by atoms with Gasteiger partial charge < -0.3 is 27.6 Å². The zero-order valence-electron chi connectivity index (χ0n) is 15.4. The molecule has 0 spiro atoms. The predicted octanol–water partition coefficient (Wildman–Crippen LogP) is 2.56. The molecule has 0 aliphatic carbocycles. The van der Waals surface area contributed by atoms with Gasteiger partial charge in [-0.25, -0.2) is 4.79 Å². The average Bonchev–Trinajstić information content (AvgIpc) is 2.68. The molecule has 0 saturated carbocycles. The largest absolute Gasteiger partial charge is 1.00 e. The molecule has 3 aromatic carbocycles. The normalized spacial score (nSPS) is 10.3. The lowest BCUT2D eigenvalue weighted by Gasteiger charge is -2.13. The maximum atomic E-state index is 10.9. The van der Waals surface area contributed by atoms with E-state index in [2.05, 4.69) is 5.32 Å². The number of hydrogen-bond acceptors (Lipinski definition) is 3. The van der Waals surface area contributed by atoms with Crippen molar-refractivity contribution in [2.75, 3.05) is 0 Å². The van der Waals surface area contributed by atoms with Crippen molar-refractivity contribution in [1.82, 2.24) is 5.32 Å². The van der Waals surface area contributed by atoms with Crippen molar-refractivity contribution in [3.05, 3.63) is 99.0 Å². The molecule has 0 bridgehead atoms. The van der Waals surface area contributed by atoms with Crippen molar-refractivity contribution < 1.29 is 27.0 Å². The van der Waals surface area contributed by atoms with E-state index in [1.54, 1.807) is 36.4 Å². The van der Waals surface area contributed by atoms with E-state index in [1.165, 1.54) is 0 Å². The molecule has 0 aliphatic heterocycles. The van der Waals surface area contributed by atoms with Crippen LogP contribution in [0.1, 0.15) is 27.0 Å². The Morgan fingerprint density at radius 3 is 2.34 bits per heavy atom. The summed E-state index contributed by atoms with van der Waals surface area (Å²) in [6, 6.07) is 20.0. The summed E-state index contributed by atoms with van der Waals surface area (Å²) in [7, 11) is 0. The molecular weight excluding hydrogens is 433 g/mol. The first-order valence-corrected chi connectivity index (χ1v) is 9.46. The Labute approximate surface area is 185 Å². The molecule has 0 radical (unpaired) electrons. The van der Waals surface area contributed by atoms with Gasteiger partial charge >= 0.3 is 5.97 Å². The van der Waals surface area contributed by atoms with E-state index in [0.29, 0.717) is 29.7 Å². The molecule has 152 valence electrons. The standard InChI is InChI=1S/C22H19Cl2NO3.ClH/c23-19-10-9-18(20(24)11-19)14-28-21-4-2-1-3-17(21)13-25-12-15-5-7-16(8-6-15)22(26)27;/h1-11,25H,12-14H2,(H,26,27);1H/p-1. The zero-order chi connectivity index (χ0) is 19.9. The zero-order valence-corrected chi connectivity index (χ0v) is 17.6. The lowest BCUT2D eigenvalue weighted by Crippen LogP contribution is -3.00. The lowest BCUT2D eigenvalue weighted by atomic mass is 10.1. The summed E-state index contributed by atoms with van der Waals surface area (Å²) in [6.07, 6.45) is 0. The van der Waals surface area contributed by atoms with E-state index in [4.69, 9.17) is 33.0 Å². The summed E-state index contributed by atoms with van der Waals surface area (Å²) >= 11 is 12.1. The highest BCUT2D eigenvalue weighted by atomic mass is 35.5. The van der Waals surface area contributed by atoms with Crippen LogP contribution in [0.4, 0.5) is 0 Å². The van der Waals surface area contributed by atoms with Crippen LogP contribution in [-0.2, 0) is 19.7 Å². The van der Waals surface area contributed by atoms with Gasteiger partial charge in [-0.15, -0.1) is 0 Å². The third-order valence-corrected chi connectivity index (χ3v) is 4.80. The molecule has 0 amide bonds. The fourth-order valence-corrected chi connectivity index (χ4v) is 3.15. The second-order valence-electron chi connectivity index (χ2n) is 6.24. The van der Waals surface area contributed by atoms with Crippen LogP contribution in [0.15, 0.2) is 66.7 Å². The number of carbonyl (C=O) groups is 1. The molecule has 0 atom stereocenters. The van der Waals surface area contributed by atoms with Gasteiger partial charge in [0, 0.05) is 34.3 Å². The number of benzene rings is 3. The van der Waals surface area contributed by atoms with Gasteiger partial charge in [-0.1, -0.05) is 59.6 Å². The van der Waals surface area contributed by atoms with E-state index in [9.17, 15) is 4.79 Å². The Hall–Kier alpha value is -2.24. The van der Waals surface area contributed by atoms with E-state index >= 15 is 0 Å². The Morgan fingerprint density at radius 1 is 0.931 bits per heavy atom. The number of nitrogens with one attached hydrogen (secondary N) is 1. The van der Waals surface area contributed by atoms with Crippen LogP contribution >= 0.6 is 23.2 Å². The summed E-state index contributed by atoms with van der Waals surface area (Å²) in [4.78, 5) is 10.9. The minimum Gasteiger partial charge on any atom is -1.00 e. The first-order valence-electron chi connectivity index (χ1n) is 8.70. The molecule has 0 saturated heterocycles. The highest BCUT2D eigenvalue weighted by Crippen LogP contribution is 2.24. The smallest absolute Gasteiger partial charge is 0.335 e. The minimum atomic E-state index is -0.925. The van der Waals surface area contributed by atoms with Gasteiger partial charge in [-0.3, -0.25) is 0 Å². The molecule has 0 fully saturated rings. The van der Waals surface area contributed by atoms with Gasteiger partial charge in [0.05, 0.1) is 5.56 Å². The first-order chi connectivity index (χ1) is 13.5. The minimum absolute atomic E-state index is 0. The molecule has 2 N–H and O–H groups in total. The highest BCUT2D eigenvalue weighted by molar-refractivity contribution is 6.35. The summed E-state index contributed by atoms with van der Waals surface area (Å²) in [5.41, 5.74) is 3.18.